The van der Waals surface area contributed by atoms with Crippen molar-refractivity contribution in [2.24, 2.45) is 7.05 Å². The van der Waals surface area contributed by atoms with Gasteiger partial charge in [0.25, 0.3) is 0 Å². The molecule has 1 N–H and O–H groups in total. The Morgan fingerprint density at radius 3 is 3.05 bits per heavy atom. The summed E-state index contributed by atoms with van der Waals surface area (Å²) < 4.78 is 1.83. The number of nitrogens with one attached hydrogen (secondary N) is 1. The highest BCUT2D eigenvalue weighted by molar-refractivity contribution is 5.76. The molecule has 3 rings (SSSR count). The van der Waals surface area contributed by atoms with Crippen molar-refractivity contribution in [2.75, 3.05) is 13.1 Å². The zero-order valence-electron chi connectivity index (χ0n) is 13.2. The summed E-state index contributed by atoms with van der Waals surface area (Å²) in [4.78, 5) is 14.5. The maximum absolute atomic E-state index is 12.5. The van der Waals surface area contributed by atoms with Gasteiger partial charge in [0.2, 0.25) is 5.91 Å². The zero-order chi connectivity index (χ0) is 15.5. The molecule has 2 aromatic heterocycles. The molecule has 1 atom stereocenters. The maximum Gasteiger partial charge on any atom is 0.222 e. The van der Waals surface area contributed by atoms with Crippen LogP contribution in [0.5, 0.6) is 0 Å². The second-order valence-electron chi connectivity index (χ2n) is 6.09. The Labute approximate surface area is 130 Å². The van der Waals surface area contributed by atoms with Gasteiger partial charge in [0.1, 0.15) is 0 Å². The van der Waals surface area contributed by atoms with E-state index >= 15 is 0 Å². The van der Waals surface area contributed by atoms with Gasteiger partial charge in [0.05, 0.1) is 6.20 Å². The number of hydrogen-bond acceptors (Lipinski definition) is 3. The van der Waals surface area contributed by atoms with Crippen molar-refractivity contribution in [1.82, 2.24) is 24.9 Å². The van der Waals surface area contributed by atoms with E-state index in [0.29, 0.717) is 12.3 Å². The molecule has 6 nitrogen and oxygen atoms in total. The van der Waals surface area contributed by atoms with Crippen LogP contribution in [-0.4, -0.2) is 43.9 Å². The van der Waals surface area contributed by atoms with Crippen LogP contribution in [0.25, 0.3) is 0 Å². The largest absolute Gasteiger partial charge is 0.342 e. The molecular formula is C16H23N5O. The average molecular weight is 301 g/mol. The van der Waals surface area contributed by atoms with Gasteiger partial charge in [-0.05, 0) is 37.8 Å². The molecule has 0 aliphatic carbocycles. The summed E-state index contributed by atoms with van der Waals surface area (Å²) >= 11 is 0. The molecule has 118 valence electrons. The number of carbonyl (C=O) groups is 1. The van der Waals surface area contributed by atoms with E-state index in [0.717, 1.165) is 38.0 Å². The van der Waals surface area contributed by atoms with E-state index in [1.165, 1.54) is 11.3 Å². The minimum absolute atomic E-state index is 0.239. The number of aromatic amines is 1. The van der Waals surface area contributed by atoms with Crippen molar-refractivity contribution >= 4 is 5.91 Å². The first-order valence-corrected chi connectivity index (χ1v) is 7.89. The summed E-state index contributed by atoms with van der Waals surface area (Å²) in [5.74, 6) is 0.625. The minimum Gasteiger partial charge on any atom is -0.342 e. The van der Waals surface area contributed by atoms with Gasteiger partial charge in [-0.15, -0.1) is 0 Å². The second kappa shape index (κ2) is 6.34. The summed E-state index contributed by atoms with van der Waals surface area (Å²) in [7, 11) is 1.91. The van der Waals surface area contributed by atoms with Crippen molar-refractivity contribution in [3.63, 3.8) is 0 Å². The Hall–Kier alpha value is -2.11. The number of carbonyl (C=O) groups excluding carboxylic acids is 1. The molecule has 0 saturated carbocycles. The molecule has 0 aromatic carbocycles. The molecule has 0 bridgehead atoms. The van der Waals surface area contributed by atoms with Gasteiger partial charge in [-0.3, -0.25) is 14.6 Å². The van der Waals surface area contributed by atoms with Crippen molar-refractivity contribution in [3.8, 4) is 0 Å². The summed E-state index contributed by atoms with van der Waals surface area (Å²) in [6.07, 6.45) is 7.11. The zero-order valence-corrected chi connectivity index (χ0v) is 13.2. The fourth-order valence-corrected chi connectivity index (χ4v) is 3.25. The number of aryl methyl sites for hydroxylation is 3. The maximum atomic E-state index is 12.5. The normalized spacial score (nSPS) is 18.6. The van der Waals surface area contributed by atoms with Crippen LogP contribution in [0.1, 0.15) is 42.1 Å². The number of piperidine rings is 1. The van der Waals surface area contributed by atoms with Crippen LogP contribution in [-0.2, 0) is 18.3 Å². The van der Waals surface area contributed by atoms with Crippen LogP contribution in [0.4, 0.5) is 0 Å². The molecule has 1 aliphatic heterocycles. The first kappa shape index (κ1) is 14.8. The topological polar surface area (TPSA) is 66.8 Å². The molecule has 3 heterocycles. The van der Waals surface area contributed by atoms with Gasteiger partial charge >= 0.3 is 0 Å². The number of aromatic nitrogens is 4. The minimum atomic E-state index is 0.239. The fourth-order valence-electron chi connectivity index (χ4n) is 3.25. The fraction of sp³-hybridized carbons (Fsp3) is 0.562. The molecule has 0 spiro atoms. The van der Waals surface area contributed by atoms with Crippen LogP contribution in [0.3, 0.4) is 0 Å². The monoisotopic (exact) mass is 301 g/mol. The lowest BCUT2D eigenvalue weighted by Crippen LogP contribution is -2.39. The summed E-state index contributed by atoms with van der Waals surface area (Å²) in [5, 5.41) is 11.3. The second-order valence-corrected chi connectivity index (χ2v) is 6.09. The SMILES string of the molecule is Cc1cn[nH]c1[C@H]1CCCN(C(=O)CCc2ccnn2C)C1. The van der Waals surface area contributed by atoms with E-state index in [2.05, 4.69) is 22.2 Å². The van der Waals surface area contributed by atoms with E-state index in [9.17, 15) is 4.79 Å². The third kappa shape index (κ3) is 3.05. The number of rotatable bonds is 4. The molecule has 0 radical (unpaired) electrons. The van der Waals surface area contributed by atoms with Crippen molar-refractivity contribution in [1.29, 1.82) is 0 Å². The number of hydrogen-bond donors (Lipinski definition) is 1. The van der Waals surface area contributed by atoms with Crippen molar-refractivity contribution in [2.45, 2.75) is 38.5 Å². The van der Waals surface area contributed by atoms with Gasteiger partial charge in [-0.25, -0.2) is 0 Å². The number of H-pyrrole nitrogens is 1. The number of nitrogens with zero attached hydrogens (tertiary/aromatic N) is 4. The first-order valence-electron chi connectivity index (χ1n) is 7.89. The molecule has 1 aliphatic rings. The molecular weight excluding hydrogens is 278 g/mol. The van der Waals surface area contributed by atoms with Crippen LogP contribution in [0.15, 0.2) is 18.5 Å². The number of amides is 1. The van der Waals surface area contributed by atoms with E-state index < -0.39 is 0 Å². The predicted octanol–water partition coefficient (Wildman–Crippen LogP) is 1.79. The van der Waals surface area contributed by atoms with E-state index in [4.69, 9.17) is 0 Å². The predicted molar refractivity (Wildman–Crippen MR) is 83.4 cm³/mol. The molecule has 0 unspecified atom stereocenters. The Morgan fingerprint density at radius 2 is 2.36 bits per heavy atom. The summed E-state index contributed by atoms with van der Waals surface area (Å²) in [5.41, 5.74) is 3.48. The smallest absolute Gasteiger partial charge is 0.222 e. The van der Waals surface area contributed by atoms with Gasteiger partial charge in [0.15, 0.2) is 0 Å². The Morgan fingerprint density at radius 1 is 1.50 bits per heavy atom. The highest BCUT2D eigenvalue weighted by atomic mass is 16.2. The summed E-state index contributed by atoms with van der Waals surface area (Å²) in [6, 6.07) is 1.97. The quantitative estimate of drug-likeness (QED) is 0.936. The van der Waals surface area contributed by atoms with Gasteiger partial charge in [-0.2, -0.15) is 10.2 Å². The molecule has 2 aromatic rings. The Bertz CT molecular complexity index is 645. The Balaban J connectivity index is 1.58. The summed E-state index contributed by atoms with van der Waals surface area (Å²) in [6.45, 7) is 3.74. The van der Waals surface area contributed by atoms with E-state index in [-0.39, 0.29) is 5.91 Å². The van der Waals surface area contributed by atoms with E-state index in [1.54, 1.807) is 6.20 Å². The number of likely N-dealkylation sites (tertiary alicyclic amines) is 1. The molecule has 1 fully saturated rings. The van der Waals surface area contributed by atoms with Gasteiger partial charge < -0.3 is 4.90 Å². The lowest BCUT2D eigenvalue weighted by molar-refractivity contribution is -0.132. The van der Waals surface area contributed by atoms with Crippen LogP contribution < -0.4 is 0 Å². The van der Waals surface area contributed by atoms with Crippen molar-refractivity contribution < 1.29 is 4.79 Å². The third-order valence-corrected chi connectivity index (χ3v) is 4.57. The van der Waals surface area contributed by atoms with E-state index in [1.807, 2.05) is 28.9 Å². The van der Waals surface area contributed by atoms with Gasteiger partial charge in [-0.1, -0.05) is 0 Å². The third-order valence-electron chi connectivity index (χ3n) is 4.57. The lowest BCUT2D eigenvalue weighted by atomic mass is 9.92. The molecule has 22 heavy (non-hydrogen) atoms. The highest BCUT2D eigenvalue weighted by Crippen LogP contribution is 2.27. The highest BCUT2D eigenvalue weighted by Gasteiger charge is 2.26. The van der Waals surface area contributed by atoms with Crippen LogP contribution in [0.2, 0.25) is 0 Å². The standard InChI is InChI=1S/C16H23N5O/c1-12-10-17-19-16(12)13-4-3-9-21(11-13)15(22)6-5-14-7-8-18-20(14)2/h7-8,10,13H,3-6,9,11H2,1-2H3,(H,17,19)/t13-/m0/s1. The molecule has 6 heteroatoms. The first-order chi connectivity index (χ1) is 10.6. The van der Waals surface area contributed by atoms with Crippen LogP contribution in [0, 0.1) is 6.92 Å². The molecule has 1 amide bonds. The molecule has 1 saturated heterocycles. The lowest BCUT2D eigenvalue weighted by Gasteiger charge is -2.32. The average Bonchev–Trinajstić information content (AvgIpc) is 3.13. The van der Waals surface area contributed by atoms with Crippen molar-refractivity contribution in [3.05, 3.63) is 35.4 Å². The Kier molecular flexibility index (Phi) is 4.27. The van der Waals surface area contributed by atoms with Crippen LogP contribution >= 0.6 is 0 Å². The van der Waals surface area contributed by atoms with Gasteiger partial charge in [0, 0.05) is 50.1 Å².